The van der Waals surface area contributed by atoms with Crippen LogP contribution in [-0.2, 0) is 6.54 Å². The van der Waals surface area contributed by atoms with E-state index < -0.39 is 5.82 Å². The Morgan fingerprint density at radius 2 is 1.71 bits per heavy atom. The molecule has 1 fully saturated rings. The number of piperazine rings is 1. The van der Waals surface area contributed by atoms with Crippen molar-refractivity contribution in [1.82, 2.24) is 24.6 Å². The van der Waals surface area contributed by atoms with E-state index in [9.17, 15) is 4.39 Å². The zero-order chi connectivity index (χ0) is 17.3. The number of rotatable bonds is 4. The molecule has 0 aliphatic carbocycles. The Kier molecular flexibility index (Phi) is 4.80. The zero-order valence-corrected chi connectivity index (χ0v) is 14.8. The molecule has 0 unspecified atom stereocenters. The second-order valence-corrected chi connectivity index (χ2v) is 6.65. The van der Waals surface area contributed by atoms with E-state index in [4.69, 9.17) is 0 Å². The van der Waals surface area contributed by atoms with Crippen molar-refractivity contribution >= 4 is 5.95 Å². The first-order valence-electron chi connectivity index (χ1n) is 8.45. The lowest BCUT2D eigenvalue weighted by Gasteiger charge is -2.34. The minimum Gasteiger partial charge on any atom is -0.338 e. The summed E-state index contributed by atoms with van der Waals surface area (Å²) in [6.45, 7) is 13.0. The van der Waals surface area contributed by atoms with Crippen molar-refractivity contribution in [3.8, 4) is 0 Å². The van der Waals surface area contributed by atoms with Crippen molar-refractivity contribution in [3.05, 3.63) is 35.2 Å². The van der Waals surface area contributed by atoms with Gasteiger partial charge in [0.1, 0.15) is 0 Å². The average molecular weight is 332 g/mol. The maximum absolute atomic E-state index is 12.9. The molecule has 3 heterocycles. The molecule has 0 spiro atoms. The third kappa shape index (κ3) is 3.40. The van der Waals surface area contributed by atoms with Gasteiger partial charge < -0.3 is 4.90 Å². The van der Waals surface area contributed by atoms with Gasteiger partial charge in [0.05, 0.1) is 18.1 Å². The van der Waals surface area contributed by atoms with Gasteiger partial charge in [-0.3, -0.25) is 9.58 Å². The van der Waals surface area contributed by atoms with Gasteiger partial charge in [-0.05, 0) is 27.7 Å². The highest BCUT2D eigenvalue weighted by Gasteiger charge is 2.22. The van der Waals surface area contributed by atoms with Gasteiger partial charge in [-0.25, -0.2) is 14.4 Å². The molecule has 130 valence electrons. The van der Waals surface area contributed by atoms with Crippen molar-refractivity contribution in [2.75, 3.05) is 31.1 Å². The van der Waals surface area contributed by atoms with Crippen molar-refractivity contribution < 1.29 is 4.39 Å². The second-order valence-electron chi connectivity index (χ2n) is 6.65. The van der Waals surface area contributed by atoms with Crippen LogP contribution in [0, 0.1) is 19.7 Å². The first-order chi connectivity index (χ1) is 11.5. The summed E-state index contributed by atoms with van der Waals surface area (Å²) in [5.41, 5.74) is 3.70. The van der Waals surface area contributed by atoms with Gasteiger partial charge in [0.15, 0.2) is 5.82 Å². The fraction of sp³-hybridized carbons (Fsp3) is 0.588. The second kappa shape index (κ2) is 6.84. The molecule has 1 aliphatic heterocycles. The average Bonchev–Trinajstić information content (AvgIpc) is 2.85. The molecule has 0 bridgehead atoms. The van der Waals surface area contributed by atoms with E-state index in [0.717, 1.165) is 38.4 Å². The van der Waals surface area contributed by atoms with E-state index in [0.29, 0.717) is 12.0 Å². The van der Waals surface area contributed by atoms with Crippen LogP contribution in [0.3, 0.4) is 0 Å². The van der Waals surface area contributed by atoms with Gasteiger partial charge >= 0.3 is 0 Å². The third-order valence-corrected chi connectivity index (χ3v) is 4.61. The predicted molar refractivity (Wildman–Crippen MR) is 91.6 cm³/mol. The molecule has 1 aliphatic rings. The number of aryl methyl sites for hydroxylation is 1. The molecule has 1 saturated heterocycles. The number of nitrogens with zero attached hydrogens (tertiary/aromatic N) is 6. The summed E-state index contributed by atoms with van der Waals surface area (Å²) in [7, 11) is 0. The van der Waals surface area contributed by atoms with Crippen LogP contribution in [0.1, 0.15) is 36.8 Å². The van der Waals surface area contributed by atoms with E-state index in [2.05, 4.69) is 57.2 Å². The van der Waals surface area contributed by atoms with Crippen LogP contribution < -0.4 is 4.90 Å². The molecule has 0 atom stereocenters. The lowest BCUT2D eigenvalue weighted by molar-refractivity contribution is 0.247. The quantitative estimate of drug-likeness (QED) is 0.860. The van der Waals surface area contributed by atoms with Crippen LogP contribution in [0.2, 0.25) is 0 Å². The van der Waals surface area contributed by atoms with E-state index in [-0.39, 0.29) is 0 Å². The molecule has 2 aromatic heterocycles. The molecule has 0 amide bonds. The number of halogens is 1. The van der Waals surface area contributed by atoms with Gasteiger partial charge in [0.25, 0.3) is 0 Å². The minimum absolute atomic E-state index is 0.380. The van der Waals surface area contributed by atoms with Gasteiger partial charge in [0.2, 0.25) is 5.95 Å². The minimum atomic E-state index is -0.398. The fourth-order valence-electron chi connectivity index (χ4n) is 3.23. The summed E-state index contributed by atoms with van der Waals surface area (Å²) < 4.78 is 15.0. The normalized spacial score (nSPS) is 16.2. The fourth-order valence-corrected chi connectivity index (χ4v) is 3.23. The van der Waals surface area contributed by atoms with Gasteiger partial charge in [0, 0.05) is 50.0 Å². The van der Waals surface area contributed by atoms with E-state index in [1.54, 1.807) is 0 Å². The SMILES string of the molecule is Cc1nn(C(C)C)c(C)c1CN1CCN(c2ncc(F)cn2)CC1. The molecular weight excluding hydrogens is 307 g/mol. The number of hydrogen-bond acceptors (Lipinski definition) is 5. The summed E-state index contributed by atoms with van der Waals surface area (Å²) in [5.74, 6) is 0.210. The van der Waals surface area contributed by atoms with E-state index in [1.165, 1.54) is 23.7 Å². The Labute approximate surface area is 142 Å². The molecule has 2 aromatic rings. The van der Waals surface area contributed by atoms with Gasteiger partial charge in [-0.2, -0.15) is 5.10 Å². The standard InChI is InChI=1S/C17H25FN6/c1-12(2)24-14(4)16(13(3)21-24)11-22-5-7-23(8-6-22)17-19-9-15(18)10-20-17/h9-10,12H,5-8,11H2,1-4H3. The molecule has 0 aromatic carbocycles. The van der Waals surface area contributed by atoms with Gasteiger partial charge in [-0.1, -0.05) is 0 Å². The molecule has 3 rings (SSSR count). The summed E-state index contributed by atoms with van der Waals surface area (Å²) in [4.78, 5) is 12.7. The maximum atomic E-state index is 12.9. The first kappa shape index (κ1) is 16.8. The third-order valence-electron chi connectivity index (χ3n) is 4.61. The molecule has 7 heteroatoms. The number of aromatic nitrogens is 4. The summed E-state index contributed by atoms with van der Waals surface area (Å²) >= 11 is 0. The topological polar surface area (TPSA) is 50.1 Å². The highest BCUT2D eigenvalue weighted by Crippen LogP contribution is 2.20. The Bertz CT molecular complexity index is 686. The maximum Gasteiger partial charge on any atom is 0.225 e. The highest BCUT2D eigenvalue weighted by molar-refractivity contribution is 5.30. The van der Waals surface area contributed by atoms with Crippen molar-refractivity contribution in [3.63, 3.8) is 0 Å². The van der Waals surface area contributed by atoms with Crippen LogP contribution in [0.15, 0.2) is 12.4 Å². The van der Waals surface area contributed by atoms with Crippen molar-refractivity contribution in [1.29, 1.82) is 0 Å². The van der Waals surface area contributed by atoms with Crippen molar-refractivity contribution in [2.45, 2.75) is 40.3 Å². The summed E-state index contributed by atoms with van der Waals surface area (Å²) in [6.07, 6.45) is 2.45. The Hall–Kier alpha value is -2.02. The van der Waals surface area contributed by atoms with Crippen LogP contribution in [0.25, 0.3) is 0 Å². The van der Waals surface area contributed by atoms with Crippen molar-refractivity contribution in [2.24, 2.45) is 0 Å². The van der Waals surface area contributed by atoms with Crippen LogP contribution in [0.5, 0.6) is 0 Å². The van der Waals surface area contributed by atoms with E-state index in [1.807, 2.05) is 0 Å². The highest BCUT2D eigenvalue weighted by atomic mass is 19.1. The molecular formula is C17H25FN6. The zero-order valence-electron chi connectivity index (χ0n) is 14.8. The largest absolute Gasteiger partial charge is 0.338 e. The number of hydrogen-bond donors (Lipinski definition) is 0. The lowest BCUT2D eigenvalue weighted by atomic mass is 10.1. The Morgan fingerprint density at radius 1 is 1.08 bits per heavy atom. The van der Waals surface area contributed by atoms with Crippen LogP contribution in [-0.4, -0.2) is 50.8 Å². The Morgan fingerprint density at radius 3 is 2.25 bits per heavy atom. The molecule has 0 saturated carbocycles. The lowest BCUT2D eigenvalue weighted by Crippen LogP contribution is -2.46. The summed E-state index contributed by atoms with van der Waals surface area (Å²) in [6, 6.07) is 0.380. The van der Waals surface area contributed by atoms with Gasteiger partial charge in [-0.15, -0.1) is 0 Å². The smallest absolute Gasteiger partial charge is 0.225 e. The monoisotopic (exact) mass is 332 g/mol. The molecule has 0 N–H and O–H groups in total. The molecule has 6 nitrogen and oxygen atoms in total. The molecule has 0 radical (unpaired) electrons. The number of anilines is 1. The van der Waals surface area contributed by atoms with Crippen LogP contribution >= 0.6 is 0 Å². The van der Waals surface area contributed by atoms with Crippen LogP contribution in [0.4, 0.5) is 10.3 Å². The molecule has 24 heavy (non-hydrogen) atoms. The van der Waals surface area contributed by atoms with E-state index >= 15 is 0 Å². The summed E-state index contributed by atoms with van der Waals surface area (Å²) in [5, 5.41) is 4.67. The first-order valence-corrected chi connectivity index (χ1v) is 8.45. The Balaban J connectivity index is 1.62. The predicted octanol–water partition coefficient (Wildman–Crippen LogP) is 2.33.